The summed E-state index contributed by atoms with van der Waals surface area (Å²) in [6, 6.07) is 0. The van der Waals surface area contributed by atoms with Gasteiger partial charge in [-0.25, -0.2) is 0 Å². The van der Waals surface area contributed by atoms with Crippen molar-refractivity contribution in [2.24, 2.45) is 0 Å². The summed E-state index contributed by atoms with van der Waals surface area (Å²) in [5.41, 5.74) is -2.33. The molecule has 0 aromatic rings. The molecule has 3 aliphatic heterocycles. The van der Waals surface area contributed by atoms with Crippen LogP contribution < -0.4 is 0 Å². The van der Waals surface area contributed by atoms with E-state index in [1.165, 1.54) is 0 Å². The molecule has 0 aromatic heterocycles. The molecule has 0 aliphatic carbocycles. The van der Waals surface area contributed by atoms with Crippen LogP contribution in [-0.4, -0.2) is 57.0 Å². The number of ether oxygens (including phenoxy) is 3. The van der Waals surface area contributed by atoms with Crippen LogP contribution in [0, 0.1) is 0 Å². The standard InChI is InChI=1S/C20H36O5/c1-17(2,21)13-9-11-19(5,24-13)15-7-8-16(23-15)20(6)12-10-14(25-20)18(3,4)22/h13-16,21-22H,7-12H2,1-6H3/t13-,14+,15-,16-,19-,20-/m1/s1. The average Bonchev–Trinajstić information content (AvgIpc) is 3.14. The van der Waals surface area contributed by atoms with Gasteiger partial charge >= 0.3 is 0 Å². The molecule has 0 saturated carbocycles. The van der Waals surface area contributed by atoms with E-state index in [2.05, 4.69) is 13.8 Å². The van der Waals surface area contributed by atoms with Crippen molar-refractivity contribution in [3.8, 4) is 0 Å². The highest BCUT2D eigenvalue weighted by molar-refractivity contribution is 5.03. The van der Waals surface area contributed by atoms with Gasteiger partial charge in [-0.2, -0.15) is 0 Å². The van der Waals surface area contributed by atoms with Crippen molar-refractivity contribution in [1.29, 1.82) is 0 Å². The van der Waals surface area contributed by atoms with Gasteiger partial charge in [0.25, 0.3) is 0 Å². The van der Waals surface area contributed by atoms with Crippen LogP contribution in [0.5, 0.6) is 0 Å². The van der Waals surface area contributed by atoms with E-state index in [4.69, 9.17) is 14.2 Å². The van der Waals surface area contributed by atoms with Crippen LogP contribution in [0.4, 0.5) is 0 Å². The summed E-state index contributed by atoms with van der Waals surface area (Å²) in [5, 5.41) is 20.5. The first-order valence-corrected chi connectivity index (χ1v) is 9.79. The molecule has 0 radical (unpaired) electrons. The molecule has 3 fully saturated rings. The van der Waals surface area contributed by atoms with E-state index in [-0.39, 0.29) is 35.6 Å². The highest BCUT2D eigenvalue weighted by Gasteiger charge is 2.54. The van der Waals surface area contributed by atoms with Gasteiger partial charge in [0.05, 0.1) is 46.8 Å². The normalized spacial score (nSPS) is 46.1. The Bertz CT molecular complexity index is 449. The predicted molar refractivity (Wildman–Crippen MR) is 95.5 cm³/mol. The van der Waals surface area contributed by atoms with Crippen LogP contribution >= 0.6 is 0 Å². The fourth-order valence-corrected chi connectivity index (χ4v) is 4.73. The lowest BCUT2D eigenvalue weighted by Gasteiger charge is -2.37. The fraction of sp³-hybridized carbons (Fsp3) is 1.00. The Hall–Kier alpha value is -0.200. The predicted octanol–water partition coefficient (Wildman–Crippen LogP) is 2.95. The molecule has 5 nitrogen and oxygen atoms in total. The third-order valence-electron chi connectivity index (χ3n) is 6.59. The maximum absolute atomic E-state index is 10.3. The first kappa shape index (κ1) is 19.6. The Morgan fingerprint density at radius 3 is 1.36 bits per heavy atom. The Morgan fingerprint density at radius 1 is 0.720 bits per heavy atom. The quantitative estimate of drug-likeness (QED) is 0.811. The van der Waals surface area contributed by atoms with E-state index >= 15 is 0 Å². The highest BCUT2D eigenvalue weighted by Crippen LogP contribution is 2.47. The van der Waals surface area contributed by atoms with Gasteiger partial charge < -0.3 is 24.4 Å². The fourth-order valence-electron chi connectivity index (χ4n) is 4.73. The van der Waals surface area contributed by atoms with E-state index in [1.54, 1.807) is 0 Å². The van der Waals surface area contributed by atoms with E-state index < -0.39 is 11.2 Å². The van der Waals surface area contributed by atoms with Gasteiger partial charge in [0, 0.05) is 0 Å². The SMILES string of the molecule is CC(C)(O)[C@@H]1CC[C@](C)([C@H]2CC[C@H]([C@@]3(C)CC[C@H](C(C)(C)O)O3)O2)O1. The molecule has 0 amide bonds. The molecular weight excluding hydrogens is 320 g/mol. The van der Waals surface area contributed by atoms with Gasteiger partial charge in [-0.3, -0.25) is 0 Å². The van der Waals surface area contributed by atoms with Crippen molar-refractivity contribution in [2.45, 2.75) is 127 Å². The topological polar surface area (TPSA) is 68.2 Å². The van der Waals surface area contributed by atoms with E-state index in [9.17, 15) is 10.2 Å². The minimum Gasteiger partial charge on any atom is -0.388 e. The molecule has 6 atom stereocenters. The Kier molecular flexibility index (Phi) is 4.82. The second kappa shape index (κ2) is 6.16. The minimum absolute atomic E-state index is 0.0338. The molecule has 0 spiro atoms. The lowest BCUT2D eigenvalue weighted by molar-refractivity contribution is -0.195. The Labute approximate surface area is 152 Å². The zero-order valence-electron chi connectivity index (χ0n) is 16.7. The molecule has 5 heteroatoms. The smallest absolute Gasteiger partial charge is 0.0921 e. The molecule has 25 heavy (non-hydrogen) atoms. The molecule has 3 rings (SSSR count). The number of aliphatic hydroxyl groups is 2. The van der Waals surface area contributed by atoms with Crippen LogP contribution in [0.15, 0.2) is 0 Å². The second-order valence-corrected chi connectivity index (χ2v) is 9.91. The zero-order chi connectivity index (χ0) is 18.7. The van der Waals surface area contributed by atoms with Crippen molar-refractivity contribution in [3.05, 3.63) is 0 Å². The highest BCUT2D eigenvalue weighted by atomic mass is 16.6. The molecule has 0 bridgehead atoms. The molecule has 0 aromatic carbocycles. The van der Waals surface area contributed by atoms with Crippen molar-refractivity contribution in [1.82, 2.24) is 0 Å². The van der Waals surface area contributed by atoms with Gasteiger partial charge in [0.15, 0.2) is 0 Å². The van der Waals surface area contributed by atoms with E-state index in [0.717, 1.165) is 38.5 Å². The van der Waals surface area contributed by atoms with Gasteiger partial charge in [0.2, 0.25) is 0 Å². The summed E-state index contributed by atoms with van der Waals surface area (Å²) >= 11 is 0. The molecule has 3 saturated heterocycles. The number of rotatable bonds is 4. The molecule has 3 heterocycles. The Morgan fingerprint density at radius 2 is 1.08 bits per heavy atom. The number of hydrogen-bond acceptors (Lipinski definition) is 5. The first-order valence-electron chi connectivity index (χ1n) is 9.79. The summed E-state index contributed by atoms with van der Waals surface area (Å²) in [6.07, 6.45) is 5.22. The lowest BCUT2D eigenvalue weighted by Crippen LogP contribution is -2.46. The largest absolute Gasteiger partial charge is 0.388 e. The summed E-state index contributed by atoms with van der Waals surface area (Å²) in [4.78, 5) is 0. The van der Waals surface area contributed by atoms with E-state index in [1.807, 2.05) is 27.7 Å². The Balaban J connectivity index is 1.63. The summed E-state index contributed by atoms with van der Waals surface area (Å²) in [7, 11) is 0. The van der Waals surface area contributed by atoms with Crippen LogP contribution in [-0.2, 0) is 14.2 Å². The van der Waals surface area contributed by atoms with Gasteiger partial charge in [-0.15, -0.1) is 0 Å². The van der Waals surface area contributed by atoms with Gasteiger partial charge in [-0.1, -0.05) is 0 Å². The van der Waals surface area contributed by atoms with Gasteiger partial charge in [-0.05, 0) is 80.1 Å². The summed E-state index contributed by atoms with van der Waals surface area (Å²) in [5.74, 6) is 0. The number of hydrogen-bond donors (Lipinski definition) is 2. The zero-order valence-corrected chi connectivity index (χ0v) is 16.7. The van der Waals surface area contributed by atoms with Crippen LogP contribution in [0.1, 0.15) is 80.1 Å². The molecular formula is C20H36O5. The van der Waals surface area contributed by atoms with Crippen molar-refractivity contribution >= 4 is 0 Å². The maximum atomic E-state index is 10.3. The molecule has 0 unspecified atom stereocenters. The van der Waals surface area contributed by atoms with Crippen LogP contribution in [0.3, 0.4) is 0 Å². The lowest BCUT2D eigenvalue weighted by atomic mass is 9.90. The third kappa shape index (κ3) is 3.77. The van der Waals surface area contributed by atoms with Crippen LogP contribution in [0.25, 0.3) is 0 Å². The maximum Gasteiger partial charge on any atom is 0.0921 e. The molecule has 2 N–H and O–H groups in total. The van der Waals surface area contributed by atoms with Crippen molar-refractivity contribution in [2.75, 3.05) is 0 Å². The first-order chi connectivity index (χ1) is 11.3. The molecule has 3 aliphatic rings. The monoisotopic (exact) mass is 356 g/mol. The minimum atomic E-state index is -0.823. The van der Waals surface area contributed by atoms with Gasteiger partial charge in [0.1, 0.15) is 0 Å². The summed E-state index contributed by atoms with van der Waals surface area (Å²) in [6.45, 7) is 11.5. The summed E-state index contributed by atoms with van der Waals surface area (Å²) < 4.78 is 19.0. The van der Waals surface area contributed by atoms with E-state index in [0.29, 0.717) is 0 Å². The second-order valence-electron chi connectivity index (χ2n) is 9.91. The van der Waals surface area contributed by atoms with Crippen molar-refractivity contribution in [3.63, 3.8) is 0 Å². The van der Waals surface area contributed by atoms with Crippen LogP contribution in [0.2, 0.25) is 0 Å². The molecule has 146 valence electrons. The van der Waals surface area contributed by atoms with Crippen molar-refractivity contribution < 1.29 is 24.4 Å². The average molecular weight is 357 g/mol. The third-order valence-corrected chi connectivity index (χ3v) is 6.59.